The number of hydrogen-bond acceptors (Lipinski definition) is 30. The zero-order chi connectivity index (χ0) is 82.9. The smallest absolute Gasteiger partial charge is 0.308 e. The molecule has 32 nitrogen and oxygen atoms in total. The Bertz CT molecular complexity index is 4110. The number of nitrogens with two attached hydrogens (primary N) is 5. The quantitative estimate of drug-likeness (QED) is 0.00734. The summed E-state index contributed by atoms with van der Waals surface area (Å²) in [5, 5.41) is 82.4. The monoisotopic (exact) mass is 2070 g/mol. The van der Waals surface area contributed by atoms with Crippen molar-refractivity contribution in [3.8, 4) is 23.0 Å². The third kappa shape index (κ3) is 42.6. The number of nitrogens with one attached hydrogen (secondary N) is 2. The molecule has 18 N–H and O–H groups in total. The molecule has 0 aliphatic heterocycles. The van der Waals surface area contributed by atoms with Crippen molar-refractivity contribution in [2.75, 3.05) is 39.8 Å². The number of nitrogen functional groups attached to an aromatic ring is 4. The van der Waals surface area contributed by atoms with Gasteiger partial charge in [0.15, 0.2) is 23.9 Å². The average molecular weight is 2080 g/mol. The van der Waals surface area contributed by atoms with Crippen LogP contribution in [0.2, 0.25) is 24.7 Å². The van der Waals surface area contributed by atoms with Crippen LogP contribution in [-0.2, 0) is 23.9 Å². The van der Waals surface area contributed by atoms with E-state index >= 15 is 0 Å². The van der Waals surface area contributed by atoms with Crippen LogP contribution in [0, 0.1) is 26.3 Å². The normalized spacial score (nSPS) is 16.8. The fourth-order valence-electron chi connectivity index (χ4n) is 8.40. The summed E-state index contributed by atoms with van der Waals surface area (Å²) >= 11 is 24.5. The molecule has 43 heteroatoms. The number of phenolic OH excluding ortho intramolecular Hbond substituents is 4. The number of carbonyl (C=O) groups is 2. The summed E-state index contributed by atoms with van der Waals surface area (Å²) in [5.74, 6) is 0.852. The lowest BCUT2D eigenvalue weighted by molar-refractivity contribution is -0.384. The largest absolute Gasteiger partial charge is 0.506 e. The second-order valence-corrected chi connectivity index (χ2v) is 38.5. The van der Waals surface area contributed by atoms with E-state index in [2.05, 4.69) is 215 Å². The molecule has 3 aliphatic rings. The number of carbonyl (C=O) groups excluding carboxylic acids is 2. The summed E-state index contributed by atoms with van der Waals surface area (Å²) in [6.45, 7) is 14.2. The van der Waals surface area contributed by atoms with E-state index in [-0.39, 0.29) is 88.4 Å². The van der Waals surface area contributed by atoms with E-state index in [9.17, 15) is 43.2 Å². The number of aromatic hydroxyl groups is 4. The Labute approximate surface area is 697 Å². The molecule has 4 heterocycles. The van der Waals surface area contributed by atoms with E-state index in [0.29, 0.717) is 54.7 Å². The van der Waals surface area contributed by atoms with Crippen LogP contribution in [0.3, 0.4) is 0 Å². The lowest BCUT2D eigenvalue weighted by Gasteiger charge is -2.32. The Hall–Kier alpha value is -6.62. The van der Waals surface area contributed by atoms with Crippen LogP contribution in [0.4, 0.5) is 50.4 Å². The summed E-state index contributed by atoms with van der Waals surface area (Å²) in [7, 11) is -4.21. The molecule has 4 aromatic heterocycles. The Morgan fingerprint density at radius 1 is 0.550 bits per heavy atom. The van der Waals surface area contributed by atoms with Crippen LogP contribution < -0.4 is 39.3 Å². The standard InChI is InChI=1S/C11H16BrN3O3S.C10H14BrN3O.C8H5BrN2O.C7H18Si.C6H5BrN2O3.C6H7BrN2O.C6H6N2O3.C6H13NO.C4H2BrFN2.C2H2O2.Br2/c1-19(16,17)18-10-4-2-9(3-5-10)15-11-13-6-8(12)7-14-11;11-7-5-12-10(13-6-7)14-8-1-3-9(15)4-2-8;9-5-3-6-8(7(12)4-5)11-2-1-10-6;1-7(2,3)8(4,5)6;7-3-1-4(9(11)12)6(8)5(10)2-3;7-3-1-4(8)6(9)5(10)2-3;7-6-4(8(10)11)2-1-3-5(6)9;7-5-1-3-6(8)4-2-5;5-3-1-7-4(6)8-2-3;3-1-2-4;1-2/h6-7,9-10H,2-5H2,1H3,(H,13,14,15);5-6,8-9,15H,1-4H2,(H,12,13,14);1-4,12H;1-6H3;1-2,10H,8H2;1-2,10H,8-9H2;1-3,9H,7H2;5-6,8H,1-4,7H2;1-2H;1-2H;. The molecule has 11 rings (SSSR count). The van der Waals surface area contributed by atoms with E-state index in [1.807, 2.05) is 6.07 Å². The number of nitrogens with zero attached hydrogens (tertiary/aromatic N) is 10. The van der Waals surface area contributed by atoms with E-state index in [0.717, 1.165) is 101 Å². The molecular weight excluding hydrogens is 1990 g/mol. The lowest BCUT2D eigenvalue weighted by atomic mass is 9.93. The van der Waals surface area contributed by atoms with Crippen LogP contribution >= 0.6 is 124 Å². The molecule has 0 atom stereocenters. The molecule has 8 aromatic rings. The molecule has 3 aliphatic carbocycles. The number of aliphatic hydroxyl groups is 2. The highest BCUT2D eigenvalue weighted by molar-refractivity contribution is 9.93. The van der Waals surface area contributed by atoms with E-state index in [1.54, 1.807) is 49.3 Å². The Balaban J connectivity index is 0.000000615. The van der Waals surface area contributed by atoms with Crippen molar-refractivity contribution in [1.29, 1.82) is 0 Å². The van der Waals surface area contributed by atoms with Gasteiger partial charge in [-0.3, -0.25) is 39.0 Å². The zero-order valence-corrected chi connectivity index (χ0v) is 74.4. The number of halogens is 9. The number of fused-ring (bicyclic) bond motifs is 1. The van der Waals surface area contributed by atoms with Crippen LogP contribution in [0.25, 0.3) is 11.0 Å². The number of para-hydroxylation sites is 1. The van der Waals surface area contributed by atoms with Gasteiger partial charge in [-0.15, -0.1) is 0 Å². The molecule has 0 bridgehead atoms. The molecule has 0 saturated heterocycles. The van der Waals surface area contributed by atoms with Crippen molar-refractivity contribution in [3.63, 3.8) is 0 Å². The number of hydrogen-bond donors (Lipinski definition) is 13. The van der Waals surface area contributed by atoms with E-state index < -0.39 is 34.1 Å². The molecular formula is C66H88Br8FN17O15SSi. The Morgan fingerprint density at radius 2 is 0.927 bits per heavy atom. The molecule has 109 heavy (non-hydrogen) atoms. The van der Waals surface area contributed by atoms with Crippen LogP contribution in [0.15, 0.2) is 131 Å². The van der Waals surface area contributed by atoms with Crippen molar-refractivity contribution in [1.82, 2.24) is 39.9 Å². The van der Waals surface area contributed by atoms with Crippen molar-refractivity contribution >= 4 is 212 Å². The highest BCUT2D eigenvalue weighted by Crippen LogP contribution is 2.37. The second kappa shape index (κ2) is 51.8. The first kappa shape index (κ1) is 100. The van der Waals surface area contributed by atoms with Gasteiger partial charge in [0.25, 0.3) is 21.5 Å². The maximum atomic E-state index is 11.8. The van der Waals surface area contributed by atoms with Gasteiger partial charge < -0.3 is 69.9 Å². The number of nitro groups is 2. The molecule has 0 amide bonds. The average Bonchev–Trinajstić information content (AvgIpc) is 0.852. The van der Waals surface area contributed by atoms with Gasteiger partial charge in [-0.2, -0.15) is 12.8 Å². The molecule has 3 fully saturated rings. The van der Waals surface area contributed by atoms with E-state index in [4.69, 9.17) is 62.9 Å². The van der Waals surface area contributed by atoms with Crippen molar-refractivity contribution < 1.29 is 67.1 Å². The van der Waals surface area contributed by atoms with Gasteiger partial charge in [0.1, 0.15) is 28.5 Å². The first-order chi connectivity index (χ1) is 50.9. The number of anilines is 6. The first-order valence-corrected chi connectivity index (χ1v) is 46.1. The molecule has 3 saturated carbocycles. The van der Waals surface area contributed by atoms with Gasteiger partial charge in [-0.25, -0.2) is 34.9 Å². The molecule has 600 valence electrons. The fourth-order valence-corrected chi connectivity index (χ4v) is 11.0. The number of benzene rings is 4. The number of rotatable bonds is 9. The topological polar surface area (TPSA) is 542 Å². The highest BCUT2D eigenvalue weighted by Gasteiger charge is 2.29. The van der Waals surface area contributed by atoms with Gasteiger partial charge in [0.2, 0.25) is 11.9 Å². The minimum atomic E-state index is -3.36. The summed E-state index contributed by atoms with van der Waals surface area (Å²) < 4.78 is 43.3. The number of aromatic nitrogens is 8. The summed E-state index contributed by atoms with van der Waals surface area (Å²) in [6.07, 6.45) is 23.7. The maximum Gasteiger partial charge on any atom is 0.308 e. The predicted molar refractivity (Wildman–Crippen MR) is 452 cm³/mol. The van der Waals surface area contributed by atoms with E-state index in [1.165, 1.54) is 48.8 Å². The van der Waals surface area contributed by atoms with Crippen LogP contribution in [-0.4, -0.2) is 152 Å². The number of nitro benzene ring substituents is 2. The van der Waals surface area contributed by atoms with Crippen molar-refractivity contribution in [3.05, 3.63) is 157 Å². The predicted octanol–water partition coefficient (Wildman–Crippen LogP) is 15.7. The van der Waals surface area contributed by atoms with Crippen molar-refractivity contribution in [2.24, 2.45) is 5.73 Å². The third-order valence-electron chi connectivity index (χ3n) is 15.5. The lowest BCUT2D eigenvalue weighted by Crippen LogP contribution is -2.32. The summed E-state index contributed by atoms with van der Waals surface area (Å²) in [5.41, 5.74) is 27.6. The van der Waals surface area contributed by atoms with Crippen LogP contribution in [0.1, 0.15) is 97.8 Å². The second-order valence-electron chi connectivity index (χ2n) is 25.4. The van der Waals surface area contributed by atoms with Gasteiger partial charge in [-0.1, -0.05) is 94.3 Å². The molecule has 0 spiro atoms. The molecule has 4 aromatic carbocycles. The highest BCUT2D eigenvalue weighted by atomic mass is 80.9. The van der Waals surface area contributed by atoms with Crippen molar-refractivity contribution in [2.45, 2.75) is 159 Å². The van der Waals surface area contributed by atoms with Gasteiger partial charge in [0, 0.05) is 130 Å². The number of aldehydes is 2. The summed E-state index contributed by atoms with van der Waals surface area (Å²) in [6, 6.07) is 14.0. The van der Waals surface area contributed by atoms with Gasteiger partial charge >= 0.3 is 6.08 Å². The maximum absolute atomic E-state index is 11.8. The Morgan fingerprint density at radius 3 is 1.31 bits per heavy atom. The number of aliphatic hydroxyl groups excluding tert-OH is 2. The minimum absolute atomic E-state index is 0.00637. The minimum Gasteiger partial charge on any atom is -0.506 e. The first-order valence-electron chi connectivity index (χ1n) is 32.3. The molecule has 0 unspecified atom stereocenters. The third-order valence-corrected chi connectivity index (χ3v) is 23.2. The SMILES string of the molecule is BrBr.CC(C)(C)[Si](C)(C)C.CS(=O)(=O)OC1CCC(Nc2ncc(Br)cn2)CC1.Fc1ncc(Br)cn1.NC1CCC(O)CC1.Nc1c(O)cc(Br)cc1[N+](=O)[O-].Nc1c(O)cccc1[N+](=O)[O-].Nc1cc(Br)cc(O)c1N.O=CC=O.OC1CCC(Nc2ncc(Br)cn2)CC1.Oc1cc(Br)cc2nccnc12. The zero-order valence-electron chi connectivity index (χ0n) is 59.9. The van der Waals surface area contributed by atoms with Gasteiger partial charge in [0.05, 0.1) is 64.7 Å². The van der Waals surface area contributed by atoms with Crippen LogP contribution in [0.5, 0.6) is 23.0 Å². The van der Waals surface area contributed by atoms with Gasteiger partial charge in [-0.05, 0) is 166 Å². The Kier molecular flexibility index (Phi) is 47.7. The number of phenols is 4. The molecule has 0 radical (unpaired) electrons. The fraction of sp³-hybridized carbons (Fsp3) is 0.394. The summed E-state index contributed by atoms with van der Waals surface area (Å²) in [4.78, 5) is 68.0.